The number of carbonyl (C=O) groups excluding carboxylic acids is 1. The fourth-order valence-corrected chi connectivity index (χ4v) is 6.62. The maximum absolute atomic E-state index is 13.0. The average Bonchev–Trinajstić information content (AvgIpc) is 3.01. The molecule has 0 rings (SSSR count). The van der Waals surface area contributed by atoms with E-state index in [2.05, 4.69) is 27.7 Å². The molecular weight excluding hydrogens is 512 g/mol. The number of ether oxygens (including phenoxy) is 1. The highest BCUT2D eigenvalue weighted by atomic mass is 16.5. The van der Waals surface area contributed by atoms with Gasteiger partial charge < -0.3 is 4.74 Å². The first-order valence-corrected chi connectivity index (χ1v) is 19.8. The van der Waals surface area contributed by atoms with Crippen LogP contribution >= 0.6 is 0 Å². The predicted octanol–water partition coefficient (Wildman–Crippen LogP) is 14.5. The molecule has 0 aromatic rings. The minimum absolute atomic E-state index is 0.0863. The molecule has 0 aromatic carbocycles. The van der Waals surface area contributed by atoms with Gasteiger partial charge in [-0.05, 0) is 25.7 Å². The number of hydrogen-bond acceptors (Lipinski definition) is 2. The first-order chi connectivity index (χ1) is 20.7. The number of hydrogen-bond donors (Lipinski definition) is 0. The lowest BCUT2D eigenvalue weighted by atomic mass is 9.77. The van der Waals surface area contributed by atoms with E-state index in [1.807, 2.05) is 0 Å². The zero-order chi connectivity index (χ0) is 30.8. The van der Waals surface area contributed by atoms with Crippen molar-refractivity contribution in [2.75, 3.05) is 6.61 Å². The summed E-state index contributed by atoms with van der Waals surface area (Å²) < 4.78 is 5.84. The van der Waals surface area contributed by atoms with Crippen LogP contribution < -0.4 is 0 Å². The summed E-state index contributed by atoms with van der Waals surface area (Å²) in [6.45, 7) is 9.58. The predicted molar refractivity (Wildman–Crippen MR) is 188 cm³/mol. The van der Waals surface area contributed by atoms with Crippen molar-refractivity contribution in [1.29, 1.82) is 0 Å². The van der Waals surface area contributed by atoms with Gasteiger partial charge in [0.15, 0.2) is 0 Å². The van der Waals surface area contributed by atoms with E-state index < -0.39 is 0 Å². The summed E-state index contributed by atoms with van der Waals surface area (Å²) in [4.78, 5) is 13.0. The lowest BCUT2D eigenvalue weighted by Crippen LogP contribution is -2.32. The van der Waals surface area contributed by atoms with E-state index in [9.17, 15) is 4.79 Å². The molecule has 0 saturated heterocycles. The second-order valence-electron chi connectivity index (χ2n) is 13.8. The molecule has 252 valence electrons. The molecule has 0 saturated carbocycles. The van der Waals surface area contributed by atoms with Gasteiger partial charge in [-0.1, -0.05) is 214 Å². The minimum atomic E-state index is -0.244. The van der Waals surface area contributed by atoms with Gasteiger partial charge in [-0.3, -0.25) is 4.79 Å². The molecule has 0 fully saturated rings. The van der Waals surface area contributed by atoms with E-state index in [1.54, 1.807) is 0 Å². The lowest BCUT2D eigenvalue weighted by molar-refractivity contribution is -0.157. The lowest BCUT2D eigenvalue weighted by Gasteiger charge is -2.29. The molecule has 2 nitrogen and oxygen atoms in total. The van der Waals surface area contributed by atoms with Crippen molar-refractivity contribution in [3.63, 3.8) is 0 Å². The normalized spacial score (nSPS) is 11.8. The number of unbranched alkanes of at least 4 members (excludes halogenated alkanes) is 28. The molecule has 0 unspecified atom stereocenters. The second kappa shape index (κ2) is 33.4. The van der Waals surface area contributed by atoms with E-state index in [0.717, 1.165) is 25.7 Å². The number of esters is 1. The number of rotatable bonds is 35. The summed E-state index contributed by atoms with van der Waals surface area (Å²) in [6, 6.07) is 0. The molecule has 0 aliphatic rings. The first kappa shape index (κ1) is 41.5. The summed E-state index contributed by atoms with van der Waals surface area (Å²) in [5.41, 5.74) is -0.244. The molecule has 0 aromatic heterocycles. The SMILES string of the molecule is CCCCCCCCCCCCCCCCCCOC(=O)C(CC)(CC)CCCCCCCCCCCCCCCC. The quantitative estimate of drug-likeness (QED) is 0.0540. The highest BCUT2D eigenvalue weighted by Gasteiger charge is 2.35. The summed E-state index contributed by atoms with van der Waals surface area (Å²) in [5, 5.41) is 0. The van der Waals surface area contributed by atoms with Crippen molar-refractivity contribution >= 4 is 5.97 Å². The van der Waals surface area contributed by atoms with Crippen molar-refractivity contribution in [2.24, 2.45) is 5.41 Å². The van der Waals surface area contributed by atoms with Crippen LogP contribution in [-0.4, -0.2) is 12.6 Å². The van der Waals surface area contributed by atoms with E-state index in [4.69, 9.17) is 4.74 Å². The van der Waals surface area contributed by atoms with Crippen LogP contribution in [0, 0.1) is 5.41 Å². The Bertz CT molecular complexity index is 524. The Balaban J connectivity index is 3.64. The zero-order valence-electron chi connectivity index (χ0n) is 29.9. The van der Waals surface area contributed by atoms with Gasteiger partial charge in [-0.15, -0.1) is 0 Å². The van der Waals surface area contributed by atoms with Gasteiger partial charge in [0.2, 0.25) is 0 Å². The van der Waals surface area contributed by atoms with Crippen molar-refractivity contribution in [1.82, 2.24) is 0 Å². The molecule has 42 heavy (non-hydrogen) atoms. The van der Waals surface area contributed by atoms with Gasteiger partial charge in [0.25, 0.3) is 0 Å². The summed E-state index contributed by atoms with van der Waals surface area (Å²) in [6.07, 6.45) is 44.1. The third-order valence-corrected chi connectivity index (χ3v) is 10.0. The van der Waals surface area contributed by atoms with Crippen LogP contribution in [0.5, 0.6) is 0 Å². The van der Waals surface area contributed by atoms with Gasteiger partial charge in [0.1, 0.15) is 0 Å². The molecule has 0 atom stereocenters. The van der Waals surface area contributed by atoms with Crippen LogP contribution in [0.15, 0.2) is 0 Å². The molecule has 0 radical (unpaired) electrons. The Morgan fingerprint density at radius 2 is 0.643 bits per heavy atom. The highest BCUT2D eigenvalue weighted by molar-refractivity contribution is 5.76. The molecule has 0 spiro atoms. The third-order valence-electron chi connectivity index (χ3n) is 10.0. The fourth-order valence-electron chi connectivity index (χ4n) is 6.62. The van der Waals surface area contributed by atoms with Gasteiger partial charge in [0, 0.05) is 0 Å². The molecule has 2 heteroatoms. The topological polar surface area (TPSA) is 26.3 Å². The Labute approximate surface area is 266 Å². The van der Waals surface area contributed by atoms with Gasteiger partial charge in [-0.2, -0.15) is 0 Å². The van der Waals surface area contributed by atoms with E-state index in [-0.39, 0.29) is 11.4 Å². The molecule has 0 heterocycles. The van der Waals surface area contributed by atoms with Gasteiger partial charge >= 0.3 is 5.97 Å². The third kappa shape index (κ3) is 25.9. The minimum Gasteiger partial charge on any atom is -0.465 e. The van der Waals surface area contributed by atoms with Crippen LogP contribution in [0.4, 0.5) is 0 Å². The van der Waals surface area contributed by atoms with E-state index in [1.165, 1.54) is 186 Å². The summed E-state index contributed by atoms with van der Waals surface area (Å²) >= 11 is 0. The Hall–Kier alpha value is -0.530. The van der Waals surface area contributed by atoms with E-state index in [0.29, 0.717) is 6.61 Å². The summed E-state index contributed by atoms with van der Waals surface area (Å²) in [5.74, 6) is 0.0863. The van der Waals surface area contributed by atoms with Crippen LogP contribution in [0.1, 0.15) is 240 Å². The summed E-state index contributed by atoms with van der Waals surface area (Å²) in [7, 11) is 0. The largest absolute Gasteiger partial charge is 0.465 e. The maximum Gasteiger partial charge on any atom is 0.312 e. The Morgan fingerprint density at radius 3 is 0.929 bits per heavy atom. The Morgan fingerprint density at radius 1 is 0.381 bits per heavy atom. The Kier molecular flexibility index (Phi) is 32.9. The second-order valence-corrected chi connectivity index (χ2v) is 13.8. The van der Waals surface area contributed by atoms with Gasteiger partial charge in [0.05, 0.1) is 12.0 Å². The highest BCUT2D eigenvalue weighted by Crippen LogP contribution is 2.34. The van der Waals surface area contributed by atoms with Crippen molar-refractivity contribution in [2.45, 2.75) is 240 Å². The molecule has 0 amide bonds. The van der Waals surface area contributed by atoms with Crippen molar-refractivity contribution in [3.05, 3.63) is 0 Å². The molecule has 0 aliphatic carbocycles. The van der Waals surface area contributed by atoms with Crippen LogP contribution in [0.3, 0.4) is 0 Å². The molecule has 0 bridgehead atoms. The molecule has 0 aliphatic heterocycles. The van der Waals surface area contributed by atoms with Crippen LogP contribution in [0.25, 0.3) is 0 Å². The monoisotopic (exact) mass is 593 g/mol. The molecule has 0 N–H and O–H groups in total. The zero-order valence-corrected chi connectivity index (χ0v) is 29.9. The van der Waals surface area contributed by atoms with E-state index >= 15 is 0 Å². The van der Waals surface area contributed by atoms with Crippen molar-refractivity contribution < 1.29 is 9.53 Å². The standard InChI is InChI=1S/C40H80O2/c1-5-9-11-13-15-17-19-21-23-24-26-28-30-32-34-36-38-42-39(41)40(7-3,8-4)37-35-33-31-29-27-25-22-20-18-16-14-12-10-6-2/h5-38H2,1-4H3. The van der Waals surface area contributed by atoms with Crippen LogP contribution in [-0.2, 0) is 9.53 Å². The van der Waals surface area contributed by atoms with Crippen LogP contribution in [0.2, 0.25) is 0 Å². The smallest absolute Gasteiger partial charge is 0.312 e. The average molecular weight is 593 g/mol. The fraction of sp³-hybridized carbons (Fsp3) is 0.975. The maximum atomic E-state index is 13.0. The molecular formula is C40H80O2. The first-order valence-electron chi connectivity index (χ1n) is 19.8. The van der Waals surface area contributed by atoms with Crippen molar-refractivity contribution in [3.8, 4) is 0 Å². The number of carbonyl (C=O) groups is 1. The van der Waals surface area contributed by atoms with Gasteiger partial charge in [-0.25, -0.2) is 0 Å².